The topological polar surface area (TPSA) is 82.4 Å². The van der Waals surface area contributed by atoms with Crippen LogP contribution in [-0.2, 0) is 27.2 Å². The third-order valence-electron chi connectivity index (χ3n) is 4.21. The van der Waals surface area contributed by atoms with Crippen molar-refractivity contribution in [1.29, 1.82) is 5.26 Å². The van der Waals surface area contributed by atoms with Crippen molar-refractivity contribution >= 4 is 28.2 Å². The van der Waals surface area contributed by atoms with E-state index in [0.29, 0.717) is 23.7 Å². The van der Waals surface area contributed by atoms with E-state index in [0.717, 1.165) is 31.2 Å². The van der Waals surface area contributed by atoms with Crippen molar-refractivity contribution in [3.8, 4) is 6.07 Å². The number of hydrogen-bond acceptors (Lipinski definition) is 6. The molecule has 0 fully saturated rings. The lowest BCUT2D eigenvalue weighted by Crippen LogP contribution is -2.30. The SMILES string of the molecule is CCOC(=O)CN(C)CCC(=O)Nc1sc2c(c1C#N)CCCCC2. The molecule has 2 rings (SSSR count). The fourth-order valence-corrected chi connectivity index (χ4v) is 4.19. The Labute approximate surface area is 152 Å². The van der Waals surface area contributed by atoms with E-state index in [1.165, 1.54) is 22.6 Å². The van der Waals surface area contributed by atoms with Crippen LogP contribution in [0.25, 0.3) is 0 Å². The van der Waals surface area contributed by atoms with Crippen LogP contribution in [0.3, 0.4) is 0 Å². The molecule has 0 saturated heterocycles. The number of nitriles is 1. The highest BCUT2D eigenvalue weighted by Gasteiger charge is 2.21. The molecule has 136 valence electrons. The number of amides is 1. The van der Waals surface area contributed by atoms with Gasteiger partial charge in [0.2, 0.25) is 5.91 Å². The van der Waals surface area contributed by atoms with E-state index in [9.17, 15) is 14.9 Å². The fourth-order valence-electron chi connectivity index (χ4n) is 2.94. The molecule has 6 nitrogen and oxygen atoms in total. The molecule has 0 aliphatic heterocycles. The lowest BCUT2D eigenvalue weighted by molar-refractivity contribution is -0.144. The zero-order valence-corrected chi connectivity index (χ0v) is 15.7. The van der Waals surface area contributed by atoms with Gasteiger partial charge in [0.25, 0.3) is 0 Å². The first-order valence-corrected chi connectivity index (χ1v) is 9.55. The largest absolute Gasteiger partial charge is 0.465 e. The first kappa shape index (κ1) is 19.4. The number of aryl methyl sites for hydroxylation is 1. The Morgan fingerprint density at radius 2 is 2.08 bits per heavy atom. The van der Waals surface area contributed by atoms with Gasteiger partial charge in [0.1, 0.15) is 11.1 Å². The number of nitrogens with one attached hydrogen (secondary N) is 1. The predicted molar refractivity (Wildman–Crippen MR) is 97.7 cm³/mol. The van der Waals surface area contributed by atoms with Crippen LogP contribution in [0.1, 0.15) is 48.6 Å². The van der Waals surface area contributed by atoms with Crippen LogP contribution in [0, 0.1) is 11.3 Å². The molecule has 1 amide bonds. The van der Waals surface area contributed by atoms with Crippen molar-refractivity contribution in [2.24, 2.45) is 0 Å². The molecule has 25 heavy (non-hydrogen) atoms. The summed E-state index contributed by atoms with van der Waals surface area (Å²) in [7, 11) is 1.78. The minimum atomic E-state index is -0.292. The molecule has 0 radical (unpaired) electrons. The van der Waals surface area contributed by atoms with Gasteiger partial charge in [-0.1, -0.05) is 6.42 Å². The highest BCUT2D eigenvalue weighted by atomic mass is 32.1. The number of fused-ring (bicyclic) bond motifs is 1. The first-order chi connectivity index (χ1) is 12.0. The minimum Gasteiger partial charge on any atom is -0.465 e. The standard InChI is InChI=1S/C18H25N3O3S/c1-3-24-17(23)12-21(2)10-9-16(22)20-18-14(11-19)13-7-5-4-6-8-15(13)25-18/h3-10,12H2,1-2H3,(H,20,22). The van der Waals surface area contributed by atoms with Gasteiger partial charge in [0.05, 0.1) is 18.7 Å². The summed E-state index contributed by atoms with van der Waals surface area (Å²) in [6, 6.07) is 2.27. The van der Waals surface area contributed by atoms with Crippen LogP contribution >= 0.6 is 11.3 Å². The summed E-state index contributed by atoms with van der Waals surface area (Å²) in [6.07, 6.45) is 5.62. The predicted octanol–water partition coefficient (Wildman–Crippen LogP) is 2.71. The monoisotopic (exact) mass is 363 g/mol. The molecule has 0 aromatic carbocycles. The van der Waals surface area contributed by atoms with E-state index in [-0.39, 0.29) is 24.8 Å². The molecular weight excluding hydrogens is 338 g/mol. The van der Waals surface area contributed by atoms with Gasteiger partial charge in [-0.15, -0.1) is 11.3 Å². The summed E-state index contributed by atoms with van der Waals surface area (Å²) in [6.45, 7) is 2.74. The molecule has 0 atom stereocenters. The summed E-state index contributed by atoms with van der Waals surface area (Å²) in [5.74, 6) is -0.428. The summed E-state index contributed by atoms with van der Waals surface area (Å²) in [4.78, 5) is 26.6. The number of esters is 1. The Hall–Kier alpha value is -1.91. The summed E-state index contributed by atoms with van der Waals surface area (Å²) in [5.41, 5.74) is 1.76. The molecular formula is C18H25N3O3S. The molecule has 0 bridgehead atoms. The second-order valence-corrected chi connectivity index (χ2v) is 7.33. The van der Waals surface area contributed by atoms with Crippen LogP contribution in [0.2, 0.25) is 0 Å². The number of carbonyl (C=O) groups excluding carboxylic acids is 2. The quantitative estimate of drug-likeness (QED) is 0.595. The highest BCUT2D eigenvalue weighted by Crippen LogP contribution is 2.36. The Balaban J connectivity index is 1.90. The van der Waals surface area contributed by atoms with E-state index < -0.39 is 0 Å². The number of rotatable bonds is 7. The van der Waals surface area contributed by atoms with Crippen LogP contribution in [0.5, 0.6) is 0 Å². The van der Waals surface area contributed by atoms with Crippen molar-refractivity contribution in [3.05, 3.63) is 16.0 Å². The van der Waals surface area contributed by atoms with E-state index in [1.54, 1.807) is 18.9 Å². The second kappa shape index (κ2) is 9.54. The average Bonchev–Trinajstić information content (AvgIpc) is 2.73. The Morgan fingerprint density at radius 3 is 2.80 bits per heavy atom. The maximum absolute atomic E-state index is 12.2. The molecule has 0 unspecified atom stereocenters. The van der Waals surface area contributed by atoms with E-state index in [4.69, 9.17) is 4.74 Å². The zero-order chi connectivity index (χ0) is 18.2. The van der Waals surface area contributed by atoms with Crippen molar-refractivity contribution in [3.63, 3.8) is 0 Å². The maximum atomic E-state index is 12.2. The van der Waals surface area contributed by atoms with Gasteiger partial charge in [0, 0.05) is 17.8 Å². The minimum absolute atomic E-state index is 0.136. The van der Waals surface area contributed by atoms with Crippen molar-refractivity contribution in [1.82, 2.24) is 4.90 Å². The molecule has 0 saturated carbocycles. The fraction of sp³-hybridized carbons (Fsp3) is 0.611. The summed E-state index contributed by atoms with van der Waals surface area (Å²) in [5, 5.41) is 13.0. The van der Waals surface area contributed by atoms with Gasteiger partial charge >= 0.3 is 5.97 Å². The lowest BCUT2D eigenvalue weighted by Gasteiger charge is -2.15. The smallest absolute Gasteiger partial charge is 0.320 e. The van der Waals surface area contributed by atoms with Gasteiger partial charge < -0.3 is 10.1 Å². The molecule has 1 aliphatic rings. The highest BCUT2D eigenvalue weighted by molar-refractivity contribution is 7.16. The number of anilines is 1. The Bertz CT molecular complexity index is 663. The van der Waals surface area contributed by atoms with Crippen LogP contribution < -0.4 is 5.32 Å². The molecule has 1 aromatic heterocycles. The molecule has 1 aliphatic carbocycles. The van der Waals surface area contributed by atoms with Crippen LogP contribution in [-0.4, -0.2) is 43.5 Å². The van der Waals surface area contributed by atoms with E-state index in [2.05, 4.69) is 11.4 Å². The number of hydrogen-bond donors (Lipinski definition) is 1. The van der Waals surface area contributed by atoms with Gasteiger partial charge in [-0.05, 0) is 45.2 Å². The van der Waals surface area contributed by atoms with E-state index >= 15 is 0 Å². The Kier molecular flexibility index (Phi) is 7.41. The maximum Gasteiger partial charge on any atom is 0.320 e. The van der Waals surface area contributed by atoms with Gasteiger partial charge in [-0.25, -0.2) is 0 Å². The molecule has 7 heteroatoms. The van der Waals surface area contributed by atoms with Crippen LogP contribution in [0.4, 0.5) is 5.00 Å². The number of ether oxygens (including phenoxy) is 1. The first-order valence-electron chi connectivity index (χ1n) is 8.73. The number of nitrogens with zero attached hydrogens (tertiary/aromatic N) is 2. The zero-order valence-electron chi connectivity index (χ0n) is 14.9. The van der Waals surface area contributed by atoms with Crippen molar-refractivity contribution in [2.45, 2.75) is 45.4 Å². The van der Waals surface area contributed by atoms with Crippen molar-refractivity contribution < 1.29 is 14.3 Å². The van der Waals surface area contributed by atoms with Crippen LogP contribution in [0.15, 0.2) is 0 Å². The normalized spacial score (nSPS) is 13.7. The van der Waals surface area contributed by atoms with Gasteiger partial charge in [-0.2, -0.15) is 5.26 Å². The summed E-state index contributed by atoms with van der Waals surface area (Å²) >= 11 is 1.54. The average molecular weight is 363 g/mol. The molecule has 1 aromatic rings. The molecule has 1 N–H and O–H groups in total. The number of thiophene rings is 1. The third-order valence-corrected chi connectivity index (χ3v) is 5.42. The number of likely N-dealkylation sites (N-methyl/N-ethyl adjacent to an activating group) is 1. The van der Waals surface area contributed by atoms with E-state index in [1.807, 2.05) is 0 Å². The van der Waals surface area contributed by atoms with Gasteiger partial charge in [-0.3, -0.25) is 14.5 Å². The second-order valence-electron chi connectivity index (χ2n) is 6.22. The van der Waals surface area contributed by atoms with Crippen molar-refractivity contribution in [2.75, 3.05) is 32.1 Å². The molecule has 0 spiro atoms. The van der Waals surface area contributed by atoms with Gasteiger partial charge in [0.15, 0.2) is 0 Å². The third kappa shape index (κ3) is 5.55. The number of carbonyl (C=O) groups is 2. The molecule has 1 heterocycles. The summed E-state index contributed by atoms with van der Waals surface area (Å²) < 4.78 is 4.89. The lowest BCUT2D eigenvalue weighted by atomic mass is 10.1. The Morgan fingerprint density at radius 1 is 1.32 bits per heavy atom.